The lowest BCUT2D eigenvalue weighted by Crippen LogP contribution is -2.31. The van der Waals surface area contributed by atoms with E-state index in [4.69, 9.17) is 0 Å². The molecule has 3 aromatic carbocycles. The fourth-order valence-electron chi connectivity index (χ4n) is 3.94. The first-order chi connectivity index (χ1) is 11.3. The molecule has 0 unspecified atom stereocenters. The molecular formula is C23H22. The van der Waals surface area contributed by atoms with Gasteiger partial charge >= 0.3 is 0 Å². The average Bonchev–Trinajstić information content (AvgIpc) is 3.45. The quantitative estimate of drug-likeness (QED) is 0.539. The molecule has 0 N–H and O–H groups in total. The van der Waals surface area contributed by atoms with Gasteiger partial charge in [0.2, 0.25) is 0 Å². The second kappa shape index (κ2) is 5.70. The van der Waals surface area contributed by atoms with Crippen LogP contribution in [0, 0.1) is 12.8 Å². The van der Waals surface area contributed by atoms with Gasteiger partial charge in [-0.05, 0) is 42.4 Å². The number of aryl methyl sites for hydroxylation is 1. The third kappa shape index (κ3) is 2.39. The van der Waals surface area contributed by atoms with E-state index >= 15 is 0 Å². The van der Waals surface area contributed by atoms with E-state index in [1.807, 2.05) is 0 Å². The molecule has 23 heavy (non-hydrogen) atoms. The molecular weight excluding hydrogens is 276 g/mol. The molecule has 0 radical (unpaired) electrons. The highest BCUT2D eigenvalue weighted by molar-refractivity contribution is 5.52. The summed E-state index contributed by atoms with van der Waals surface area (Å²) in [5, 5.41) is 0. The Morgan fingerprint density at radius 3 is 1.48 bits per heavy atom. The van der Waals surface area contributed by atoms with E-state index in [0.717, 1.165) is 0 Å². The van der Waals surface area contributed by atoms with Crippen LogP contribution in [0.15, 0.2) is 84.9 Å². The van der Waals surface area contributed by atoms with Gasteiger partial charge in [0.15, 0.2) is 0 Å². The van der Waals surface area contributed by atoms with Crippen LogP contribution in [0.1, 0.15) is 35.1 Å². The van der Waals surface area contributed by atoms with Crippen molar-refractivity contribution in [3.8, 4) is 0 Å². The molecule has 3 aromatic rings. The van der Waals surface area contributed by atoms with Crippen molar-refractivity contribution in [2.24, 2.45) is 5.92 Å². The summed E-state index contributed by atoms with van der Waals surface area (Å²) in [6, 6.07) is 31.2. The van der Waals surface area contributed by atoms with E-state index < -0.39 is 0 Å². The van der Waals surface area contributed by atoms with E-state index in [0.29, 0.717) is 5.92 Å². The largest absolute Gasteiger partial charge is 0.0622 e. The molecule has 114 valence electrons. The van der Waals surface area contributed by atoms with E-state index in [2.05, 4.69) is 91.9 Å². The molecule has 0 atom stereocenters. The molecule has 1 saturated carbocycles. The summed E-state index contributed by atoms with van der Waals surface area (Å²) >= 11 is 0. The van der Waals surface area contributed by atoms with Gasteiger partial charge in [-0.2, -0.15) is 0 Å². The smallest absolute Gasteiger partial charge is 0.0479 e. The summed E-state index contributed by atoms with van der Waals surface area (Å²) in [6.45, 7) is 2.16. The van der Waals surface area contributed by atoms with Gasteiger partial charge in [-0.3, -0.25) is 0 Å². The predicted octanol–water partition coefficient (Wildman–Crippen LogP) is 5.74. The summed E-state index contributed by atoms with van der Waals surface area (Å²) in [6.07, 6.45) is 2.61. The Hall–Kier alpha value is -2.34. The fraction of sp³-hybridized carbons (Fsp3) is 0.217. The molecule has 1 aliphatic rings. The summed E-state index contributed by atoms with van der Waals surface area (Å²) in [7, 11) is 0. The number of hydrogen-bond acceptors (Lipinski definition) is 0. The van der Waals surface area contributed by atoms with Gasteiger partial charge < -0.3 is 0 Å². The fourth-order valence-corrected chi connectivity index (χ4v) is 3.94. The topological polar surface area (TPSA) is 0 Å². The van der Waals surface area contributed by atoms with Gasteiger partial charge in [0.05, 0.1) is 0 Å². The second-order valence-electron chi connectivity index (χ2n) is 6.68. The van der Waals surface area contributed by atoms with Gasteiger partial charge in [-0.1, -0.05) is 90.5 Å². The zero-order valence-corrected chi connectivity index (χ0v) is 13.6. The molecule has 0 spiro atoms. The Labute approximate surface area is 138 Å². The molecule has 0 nitrogen and oxygen atoms in total. The van der Waals surface area contributed by atoms with Crippen molar-refractivity contribution in [1.82, 2.24) is 0 Å². The van der Waals surface area contributed by atoms with Gasteiger partial charge in [-0.25, -0.2) is 0 Å². The minimum atomic E-state index is -0.0176. The maximum atomic E-state index is 2.33. The van der Waals surface area contributed by atoms with Crippen molar-refractivity contribution < 1.29 is 0 Å². The maximum Gasteiger partial charge on any atom is 0.0479 e. The predicted molar refractivity (Wildman–Crippen MR) is 96.7 cm³/mol. The van der Waals surface area contributed by atoms with Crippen LogP contribution in [0.5, 0.6) is 0 Å². The van der Waals surface area contributed by atoms with Crippen LogP contribution in [0.25, 0.3) is 0 Å². The molecule has 0 aromatic heterocycles. The lowest BCUT2D eigenvalue weighted by Gasteiger charge is -2.36. The Kier molecular flexibility index (Phi) is 3.53. The van der Waals surface area contributed by atoms with Crippen LogP contribution in [-0.2, 0) is 5.41 Å². The maximum absolute atomic E-state index is 2.33. The third-order valence-corrected chi connectivity index (χ3v) is 5.15. The first-order valence-corrected chi connectivity index (χ1v) is 8.50. The number of hydrogen-bond donors (Lipinski definition) is 0. The standard InChI is InChI=1S/C23H22/c1-18-12-14-21(15-13-18)23(22-16-17-22,19-8-4-2-5-9-19)20-10-6-3-7-11-20/h2-15,22H,16-17H2,1H3. The molecule has 0 amide bonds. The molecule has 0 saturated heterocycles. The summed E-state index contributed by atoms with van der Waals surface area (Å²) in [5.41, 5.74) is 5.55. The van der Waals surface area contributed by atoms with Crippen LogP contribution in [-0.4, -0.2) is 0 Å². The van der Waals surface area contributed by atoms with Crippen molar-refractivity contribution in [1.29, 1.82) is 0 Å². The van der Waals surface area contributed by atoms with Crippen LogP contribution in [0.3, 0.4) is 0 Å². The third-order valence-electron chi connectivity index (χ3n) is 5.15. The number of benzene rings is 3. The highest BCUT2D eigenvalue weighted by Crippen LogP contribution is 2.55. The zero-order chi connectivity index (χ0) is 15.7. The minimum absolute atomic E-state index is 0.0176. The Morgan fingerprint density at radius 1 is 0.609 bits per heavy atom. The summed E-state index contributed by atoms with van der Waals surface area (Å²) in [4.78, 5) is 0. The molecule has 4 rings (SSSR count). The minimum Gasteiger partial charge on any atom is -0.0622 e. The highest BCUT2D eigenvalue weighted by atomic mass is 14.5. The normalized spacial score (nSPS) is 14.7. The highest BCUT2D eigenvalue weighted by Gasteiger charge is 2.48. The number of rotatable bonds is 4. The van der Waals surface area contributed by atoms with Crippen LogP contribution >= 0.6 is 0 Å². The Balaban J connectivity index is 2.01. The van der Waals surface area contributed by atoms with Crippen LogP contribution in [0.4, 0.5) is 0 Å². The SMILES string of the molecule is Cc1ccc(C(c2ccccc2)(c2ccccc2)C2CC2)cc1. The summed E-state index contributed by atoms with van der Waals surface area (Å²) in [5.74, 6) is 0.690. The van der Waals surface area contributed by atoms with Gasteiger partial charge in [0.25, 0.3) is 0 Å². The van der Waals surface area contributed by atoms with Crippen molar-refractivity contribution in [2.45, 2.75) is 25.2 Å². The zero-order valence-electron chi connectivity index (χ0n) is 13.6. The Bertz CT molecular complexity index is 726. The molecule has 1 aliphatic carbocycles. The van der Waals surface area contributed by atoms with Crippen LogP contribution in [0.2, 0.25) is 0 Å². The van der Waals surface area contributed by atoms with Crippen molar-refractivity contribution >= 4 is 0 Å². The second-order valence-corrected chi connectivity index (χ2v) is 6.68. The monoisotopic (exact) mass is 298 g/mol. The Morgan fingerprint density at radius 2 is 1.04 bits per heavy atom. The molecule has 0 bridgehead atoms. The van der Waals surface area contributed by atoms with Gasteiger partial charge in [0, 0.05) is 5.41 Å². The molecule has 1 fully saturated rings. The van der Waals surface area contributed by atoms with Gasteiger partial charge in [-0.15, -0.1) is 0 Å². The van der Waals surface area contributed by atoms with E-state index in [1.165, 1.54) is 35.1 Å². The van der Waals surface area contributed by atoms with E-state index in [9.17, 15) is 0 Å². The van der Waals surface area contributed by atoms with Crippen LogP contribution < -0.4 is 0 Å². The molecule has 0 aliphatic heterocycles. The molecule has 0 heterocycles. The van der Waals surface area contributed by atoms with Gasteiger partial charge in [0.1, 0.15) is 0 Å². The first kappa shape index (κ1) is 14.3. The molecule has 0 heteroatoms. The average molecular weight is 298 g/mol. The van der Waals surface area contributed by atoms with Crippen molar-refractivity contribution in [3.63, 3.8) is 0 Å². The lowest BCUT2D eigenvalue weighted by molar-refractivity contribution is 0.535. The lowest BCUT2D eigenvalue weighted by atomic mass is 9.66. The van der Waals surface area contributed by atoms with E-state index in [-0.39, 0.29) is 5.41 Å². The van der Waals surface area contributed by atoms with E-state index in [1.54, 1.807) is 0 Å². The first-order valence-electron chi connectivity index (χ1n) is 8.50. The van der Waals surface area contributed by atoms with Crippen molar-refractivity contribution in [3.05, 3.63) is 107 Å². The summed E-state index contributed by atoms with van der Waals surface area (Å²) < 4.78 is 0. The van der Waals surface area contributed by atoms with Crippen molar-refractivity contribution in [2.75, 3.05) is 0 Å².